The van der Waals surface area contributed by atoms with Gasteiger partial charge in [-0.25, -0.2) is 19.3 Å². The molecule has 2 amide bonds. The molecule has 16 atom stereocenters. The Hall–Kier alpha value is -2.48. The minimum atomic E-state index is -5.93. The lowest BCUT2D eigenvalue weighted by molar-refractivity contribution is -0.347. The Morgan fingerprint density at radius 3 is 2.38 bits per heavy atom. The number of fused-ring (bicyclic) bond motifs is 6. The van der Waals surface area contributed by atoms with Gasteiger partial charge in [-0.05, 0) is 111 Å². The molecule has 0 spiro atoms. The number of nitrogens with zero attached hydrogens (tertiary/aromatic N) is 4. The molecule has 4 aliphatic carbocycles. The van der Waals surface area contributed by atoms with Crippen LogP contribution in [0, 0.1) is 51.8 Å². The average molecular weight is 1120 g/mol. The standard InChI is InChI=1S/C45H74N7O18P3S/c1-25(29-9-10-30-28-8-7-26-20-27(53)12-15-44(26,4)31(28)13-16-45(29,30)5)6-11-34(55)74-19-18-47-33(54)14-17-48-41(58)38(57)43(2,3)22-67-73(64,65)70-72(62,63)66-21-32-37(69-71(59,60)61)36(56)42(68-32)52-24-51-35-39(46)49-23-50-40(35)52/h23-32,36-38,42,53,56-57H,6-22H2,1-5H3,(H,47,54)(H,48,58)(H,62,63)(H,64,65)(H2,46,49,50)(H2,59,60,61)/p-4/t25-,26?,27-,28?,29?,30?,31?,32-,36-,37-,38+,42-,44?,45?/m1/s1. The maximum Gasteiger partial charge on any atom is 0.274 e. The molecule has 0 aromatic carbocycles. The number of hydrogen-bond donors (Lipinski definition) is 6. The number of phosphoric acid groups is 3. The third-order valence-electron chi connectivity index (χ3n) is 16.9. The van der Waals surface area contributed by atoms with Crippen molar-refractivity contribution in [3.63, 3.8) is 0 Å². The van der Waals surface area contributed by atoms with Crippen molar-refractivity contribution in [2.75, 3.05) is 37.8 Å². The van der Waals surface area contributed by atoms with Gasteiger partial charge in [-0.15, -0.1) is 0 Å². The van der Waals surface area contributed by atoms with Crippen LogP contribution < -0.4 is 35.9 Å². The van der Waals surface area contributed by atoms with Gasteiger partial charge < -0.3 is 74.1 Å². The molecule has 74 heavy (non-hydrogen) atoms. The number of aromatic nitrogens is 4. The highest BCUT2D eigenvalue weighted by atomic mass is 32.2. The van der Waals surface area contributed by atoms with Crippen LogP contribution in [0.5, 0.6) is 0 Å². The number of anilines is 1. The highest BCUT2D eigenvalue weighted by Gasteiger charge is 2.60. The molecule has 5 aliphatic rings. The summed E-state index contributed by atoms with van der Waals surface area (Å²) in [6.45, 7) is 7.50. The molecular weight excluding hydrogens is 1050 g/mol. The van der Waals surface area contributed by atoms with Crippen LogP contribution in [0.3, 0.4) is 0 Å². The van der Waals surface area contributed by atoms with E-state index in [0.717, 1.165) is 60.7 Å². The normalized spacial score (nSPS) is 33.6. The molecule has 1 aliphatic heterocycles. The number of imidazole rings is 1. The van der Waals surface area contributed by atoms with Crippen molar-refractivity contribution < 1.29 is 85.6 Å². The zero-order valence-electron chi connectivity index (χ0n) is 42.2. The number of aliphatic hydroxyl groups excluding tert-OH is 3. The maximum atomic E-state index is 12.9. The van der Waals surface area contributed by atoms with E-state index in [0.29, 0.717) is 35.3 Å². The third-order valence-corrected chi connectivity index (χ3v) is 20.9. The molecule has 25 nitrogen and oxygen atoms in total. The van der Waals surface area contributed by atoms with Crippen LogP contribution >= 0.6 is 35.2 Å². The van der Waals surface area contributed by atoms with Crippen molar-refractivity contribution in [1.29, 1.82) is 0 Å². The highest BCUT2D eigenvalue weighted by molar-refractivity contribution is 8.13. The lowest BCUT2D eigenvalue weighted by atomic mass is 9.44. The van der Waals surface area contributed by atoms with E-state index in [1.807, 2.05) is 0 Å². The Morgan fingerprint density at radius 2 is 1.65 bits per heavy atom. The third kappa shape index (κ3) is 13.7. The van der Waals surface area contributed by atoms with Gasteiger partial charge in [0, 0.05) is 37.1 Å². The lowest BCUT2D eigenvalue weighted by Crippen LogP contribution is -2.54. The zero-order chi connectivity index (χ0) is 54.2. The molecule has 2 aromatic heterocycles. The Balaban J connectivity index is 0.774. The molecule has 7 rings (SSSR count). The predicted molar refractivity (Wildman–Crippen MR) is 258 cm³/mol. The fraction of sp³-hybridized carbons (Fsp3) is 0.822. The van der Waals surface area contributed by atoms with Gasteiger partial charge in [-0.3, -0.25) is 28.1 Å². The minimum absolute atomic E-state index is 0.0193. The minimum Gasteiger partial charge on any atom is -0.790 e. The fourth-order valence-corrected chi connectivity index (χ4v) is 16.5. The molecule has 9 unspecified atom stereocenters. The van der Waals surface area contributed by atoms with Crippen molar-refractivity contribution >= 4 is 69.1 Å². The molecule has 5 fully saturated rings. The number of carbonyl (C=O) groups excluding carboxylic acids is 3. The number of aliphatic hydroxyl groups is 3. The number of hydrogen-bond acceptors (Lipinski definition) is 23. The first kappa shape index (κ1) is 59.2. The summed E-state index contributed by atoms with van der Waals surface area (Å²) in [5.41, 5.74) is 4.72. The van der Waals surface area contributed by atoms with Crippen LogP contribution in [0.4, 0.5) is 5.82 Å². The quantitative estimate of drug-likeness (QED) is 0.0679. The summed E-state index contributed by atoms with van der Waals surface area (Å²) in [7, 11) is -17.6. The Morgan fingerprint density at radius 1 is 0.946 bits per heavy atom. The number of amides is 2. The summed E-state index contributed by atoms with van der Waals surface area (Å²) in [5, 5.41) is 37.1. The molecule has 29 heteroatoms. The summed E-state index contributed by atoms with van der Waals surface area (Å²) in [5.74, 6) is 2.71. The van der Waals surface area contributed by atoms with Crippen molar-refractivity contribution in [3.8, 4) is 0 Å². The number of ether oxygens (including phenoxy) is 1. The number of rotatable bonds is 23. The van der Waals surface area contributed by atoms with E-state index in [1.54, 1.807) is 0 Å². The van der Waals surface area contributed by atoms with E-state index in [-0.39, 0.29) is 53.1 Å². The first-order chi connectivity index (χ1) is 34.5. The molecule has 3 heterocycles. The van der Waals surface area contributed by atoms with Crippen molar-refractivity contribution in [2.24, 2.45) is 51.8 Å². The zero-order valence-corrected chi connectivity index (χ0v) is 45.7. The second-order valence-corrected chi connectivity index (χ2v) is 27.2. The summed E-state index contributed by atoms with van der Waals surface area (Å²) >= 11 is 1.17. The summed E-state index contributed by atoms with van der Waals surface area (Å²) in [6, 6.07) is 0. The SMILES string of the molecule is C[C@H](CCC(=O)SCCNC(=O)CCNC(=O)[C@H](O)C(C)(C)COP(=O)([O-])OP(=O)([O-])OC[C@H]1O[C@@H](n2cnc3c(N)ncnc32)[C@H](O)[C@@H]1OP(=O)([O-])[O-])C1CCC2C3CCC4C[C@H](O)CCC4(C)C3CCC21C. The van der Waals surface area contributed by atoms with Crippen LogP contribution in [0.2, 0.25) is 0 Å². The van der Waals surface area contributed by atoms with Crippen molar-refractivity contribution in [1.82, 2.24) is 30.2 Å². The van der Waals surface area contributed by atoms with E-state index in [2.05, 4.69) is 64.2 Å². The smallest absolute Gasteiger partial charge is 0.274 e. The summed E-state index contributed by atoms with van der Waals surface area (Å²) in [6.07, 6.45) is 4.03. The molecule has 1 saturated heterocycles. The summed E-state index contributed by atoms with van der Waals surface area (Å²) < 4.78 is 61.1. The second-order valence-electron chi connectivity index (χ2n) is 22.0. The Bertz CT molecular complexity index is 2490. The van der Waals surface area contributed by atoms with Gasteiger partial charge in [-0.1, -0.05) is 46.4 Å². The van der Waals surface area contributed by atoms with Gasteiger partial charge in [0.05, 0.1) is 33.5 Å². The number of thioether (sulfide) groups is 1. The molecular formula is C45H70N7O18P3S-4. The number of carbonyl (C=O) groups is 3. The van der Waals surface area contributed by atoms with Gasteiger partial charge in [0.2, 0.25) is 11.8 Å². The Kier molecular flexibility index (Phi) is 18.8. The first-order valence-corrected chi connectivity index (χ1v) is 30.6. The Labute approximate surface area is 434 Å². The van der Waals surface area contributed by atoms with Gasteiger partial charge in [0.1, 0.15) is 36.3 Å². The predicted octanol–water partition coefficient (Wildman–Crippen LogP) is 1.57. The van der Waals surface area contributed by atoms with Crippen LogP contribution in [-0.4, -0.2) is 114 Å². The van der Waals surface area contributed by atoms with Crippen LogP contribution in [0.15, 0.2) is 12.7 Å². The number of nitrogens with one attached hydrogen (secondary N) is 2. The van der Waals surface area contributed by atoms with Crippen LogP contribution in [0.1, 0.15) is 118 Å². The maximum absolute atomic E-state index is 12.9. The molecule has 7 N–H and O–H groups in total. The number of phosphoric ester groups is 3. The largest absolute Gasteiger partial charge is 0.790 e. The highest BCUT2D eigenvalue weighted by Crippen LogP contribution is 2.68. The van der Waals surface area contributed by atoms with Gasteiger partial charge in [-0.2, -0.15) is 0 Å². The first-order valence-electron chi connectivity index (χ1n) is 25.2. The van der Waals surface area contributed by atoms with Gasteiger partial charge >= 0.3 is 0 Å². The molecule has 418 valence electrons. The van der Waals surface area contributed by atoms with Crippen LogP contribution in [0.25, 0.3) is 11.2 Å². The van der Waals surface area contributed by atoms with Gasteiger partial charge in [0.15, 0.2) is 22.8 Å². The summed E-state index contributed by atoms with van der Waals surface area (Å²) in [4.78, 5) is 98.2. The topological polar surface area (TPSA) is 395 Å². The number of nitrogens with two attached hydrogens (primary N) is 1. The van der Waals surface area contributed by atoms with Crippen molar-refractivity contribution in [2.45, 2.75) is 148 Å². The lowest BCUT2D eigenvalue weighted by Gasteiger charge is -2.61. The monoisotopic (exact) mass is 1120 g/mol. The number of nitrogen functional groups attached to an aromatic ring is 1. The van der Waals surface area contributed by atoms with E-state index >= 15 is 0 Å². The fourth-order valence-electron chi connectivity index (χ4n) is 13.1. The van der Waals surface area contributed by atoms with Crippen LogP contribution in [-0.2, 0) is 50.7 Å². The van der Waals surface area contributed by atoms with E-state index in [4.69, 9.17) is 10.5 Å². The van der Waals surface area contributed by atoms with E-state index in [1.165, 1.54) is 64.1 Å². The van der Waals surface area contributed by atoms with E-state index < -0.39 is 84.6 Å². The van der Waals surface area contributed by atoms with Crippen molar-refractivity contribution in [3.05, 3.63) is 12.7 Å². The van der Waals surface area contributed by atoms with Gasteiger partial charge in [0.25, 0.3) is 15.6 Å². The molecule has 4 saturated carbocycles. The average Bonchev–Trinajstić information content (AvgIpc) is 4.00. The molecule has 0 bridgehead atoms. The second kappa shape index (κ2) is 23.5. The van der Waals surface area contributed by atoms with E-state index in [9.17, 15) is 63.0 Å². The molecule has 0 radical (unpaired) electrons. The molecule has 2 aromatic rings.